The summed E-state index contributed by atoms with van der Waals surface area (Å²) in [4.78, 5) is 53.2. The molecule has 1 aromatic carbocycles. The van der Waals surface area contributed by atoms with Gasteiger partial charge in [0.25, 0.3) is 0 Å². The smallest absolute Gasteiger partial charge is 0.410 e. The summed E-state index contributed by atoms with van der Waals surface area (Å²) in [5.41, 5.74) is 1.68. The van der Waals surface area contributed by atoms with E-state index in [1.54, 1.807) is 23.6 Å². The predicted molar refractivity (Wildman–Crippen MR) is 132 cm³/mol. The fraction of sp³-hybridized carbons (Fsp3) is 0.600. The van der Waals surface area contributed by atoms with Crippen molar-refractivity contribution in [2.45, 2.75) is 58.1 Å². The van der Waals surface area contributed by atoms with E-state index in [-0.39, 0.29) is 24.1 Å². The number of nitrogens with zero attached hydrogens (tertiary/aromatic N) is 4. The zero-order valence-electron chi connectivity index (χ0n) is 21.2. The van der Waals surface area contributed by atoms with E-state index in [0.29, 0.717) is 24.4 Å². The van der Waals surface area contributed by atoms with Crippen molar-refractivity contribution in [3.63, 3.8) is 0 Å². The lowest BCUT2D eigenvalue weighted by molar-refractivity contribution is -0.135. The number of ether oxygens (including phenoxy) is 1. The van der Waals surface area contributed by atoms with Crippen LogP contribution in [0.4, 0.5) is 10.5 Å². The minimum atomic E-state index is -0.688. The number of benzene rings is 1. The lowest BCUT2D eigenvalue weighted by atomic mass is 9.96. The highest BCUT2D eigenvalue weighted by Gasteiger charge is 2.31. The van der Waals surface area contributed by atoms with E-state index < -0.39 is 17.6 Å². The lowest BCUT2D eigenvalue weighted by Gasteiger charge is -2.35. The largest absolute Gasteiger partial charge is 0.444 e. The highest BCUT2D eigenvalue weighted by Crippen LogP contribution is 2.29. The van der Waals surface area contributed by atoms with E-state index in [9.17, 15) is 19.2 Å². The molecule has 2 aromatic rings. The van der Waals surface area contributed by atoms with Gasteiger partial charge in [-0.15, -0.1) is 0 Å². The van der Waals surface area contributed by atoms with Crippen LogP contribution in [0.2, 0.25) is 0 Å². The maximum Gasteiger partial charge on any atom is 0.410 e. The average molecular weight is 486 g/mol. The van der Waals surface area contributed by atoms with Crippen LogP contribution in [0.25, 0.3) is 11.0 Å². The van der Waals surface area contributed by atoms with Gasteiger partial charge >= 0.3 is 11.8 Å². The highest BCUT2D eigenvalue weighted by atomic mass is 16.6. The van der Waals surface area contributed by atoms with Crippen LogP contribution in [-0.2, 0) is 21.4 Å². The molecule has 0 bridgehead atoms. The zero-order valence-corrected chi connectivity index (χ0v) is 21.2. The standard InChI is InChI=1S/C25H35N5O5/c1-25(2,3)35-24(34)27(4)15-16-10-12-29(13-11-16)17-6-7-18-20(14-17)28(5)23(33)30(18)19-8-9-21(31)26-22(19)32/h6-7,14,16,19H,8-13,15H2,1-5H3,(H,26,31,32). The SMILES string of the molecule is CN(CC1CCN(c2ccc3c(c2)n(C)c(=O)n3C2CCC(=O)NC2=O)CC1)C(=O)OC(C)(C)C. The average Bonchev–Trinajstić information content (AvgIpc) is 3.03. The first-order valence-electron chi connectivity index (χ1n) is 12.2. The zero-order chi connectivity index (χ0) is 25.5. The Morgan fingerprint density at radius 3 is 2.43 bits per heavy atom. The molecule has 2 saturated heterocycles. The monoisotopic (exact) mass is 485 g/mol. The van der Waals surface area contributed by atoms with Crippen molar-refractivity contribution in [3.8, 4) is 0 Å². The number of piperidine rings is 2. The van der Waals surface area contributed by atoms with Crippen LogP contribution in [0.5, 0.6) is 0 Å². The number of hydrogen-bond donors (Lipinski definition) is 1. The molecule has 10 nitrogen and oxygen atoms in total. The molecule has 2 fully saturated rings. The van der Waals surface area contributed by atoms with Crippen LogP contribution < -0.4 is 15.9 Å². The van der Waals surface area contributed by atoms with Gasteiger partial charge in [0.15, 0.2) is 0 Å². The molecule has 2 aliphatic heterocycles. The molecule has 0 saturated carbocycles. The Labute approximate surface area is 204 Å². The normalized spacial score (nSPS) is 19.7. The lowest BCUT2D eigenvalue weighted by Crippen LogP contribution is -2.44. The van der Waals surface area contributed by atoms with Crippen molar-refractivity contribution in [1.82, 2.24) is 19.4 Å². The molecule has 0 radical (unpaired) electrons. The van der Waals surface area contributed by atoms with Gasteiger partial charge in [0.1, 0.15) is 11.6 Å². The summed E-state index contributed by atoms with van der Waals surface area (Å²) >= 11 is 0. The molecule has 1 aromatic heterocycles. The Balaban J connectivity index is 1.45. The van der Waals surface area contributed by atoms with Crippen LogP contribution >= 0.6 is 0 Å². The van der Waals surface area contributed by atoms with Crippen LogP contribution in [0.15, 0.2) is 23.0 Å². The second-order valence-corrected chi connectivity index (χ2v) is 10.6. The van der Waals surface area contributed by atoms with Crippen LogP contribution in [0.3, 0.4) is 0 Å². The maximum absolute atomic E-state index is 13.0. The number of rotatable bonds is 4. The molecule has 1 atom stereocenters. The Bertz CT molecular complexity index is 1200. The Kier molecular flexibility index (Phi) is 6.66. The molecule has 3 amide bonds. The summed E-state index contributed by atoms with van der Waals surface area (Å²) in [6, 6.07) is 5.18. The fourth-order valence-corrected chi connectivity index (χ4v) is 4.95. The molecule has 0 aliphatic carbocycles. The van der Waals surface area contributed by atoms with Crippen molar-refractivity contribution < 1.29 is 19.1 Å². The summed E-state index contributed by atoms with van der Waals surface area (Å²) in [5.74, 6) is -0.341. The topological polar surface area (TPSA) is 106 Å². The molecule has 4 rings (SSSR count). The van der Waals surface area contributed by atoms with Gasteiger partial charge in [0.2, 0.25) is 11.8 Å². The van der Waals surface area contributed by atoms with Crippen LogP contribution in [-0.4, -0.2) is 64.2 Å². The van der Waals surface area contributed by atoms with Crippen molar-refractivity contribution >= 4 is 34.6 Å². The maximum atomic E-state index is 13.0. The number of imidazole rings is 1. The second kappa shape index (κ2) is 9.39. The molecule has 1 N–H and O–H groups in total. The van der Waals surface area contributed by atoms with Gasteiger partial charge in [-0.05, 0) is 64.2 Å². The summed E-state index contributed by atoms with van der Waals surface area (Å²) in [6.07, 6.45) is 2.13. The number of carbonyl (C=O) groups is 3. The van der Waals surface area contributed by atoms with E-state index in [1.807, 2.05) is 39.0 Å². The number of anilines is 1. The minimum absolute atomic E-state index is 0.218. The number of fused-ring (bicyclic) bond motifs is 1. The van der Waals surface area contributed by atoms with E-state index in [2.05, 4.69) is 10.2 Å². The third-order valence-electron chi connectivity index (χ3n) is 6.81. The summed E-state index contributed by atoms with van der Waals surface area (Å²) in [6.45, 7) is 7.94. The predicted octanol–water partition coefficient (Wildman–Crippen LogP) is 2.40. The van der Waals surface area contributed by atoms with E-state index in [1.165, 1.54) is 4.57 Å². The van der Waals surface area contributed by atoms with Gasteiger partial charge in [0, 0.05) is 45.8 Å². The Morgan fingerprint density at radius 1 is 1.11 bits per heavy atom. The van der Waals surface area contributed by atoms with E-state index >= 15 is 0 Å². The molecule has 10 heteroatoms. The highest BCUT2D eigenvalue weighted by molar-refractivity contribution is 6.00. The molecule has 35 heavy (non-hydrogen) atoms. The number of carbonyl (C=O) groups excluding carboxylic acids is 3. The number of amides is 3. The van der Waals surface area contributed by atoms with Gasteiger partial charge in [-0.25, -0.2) is 9.59 Å². The molecular formula is C25H35N5O5. The van der Waals surface area contributed by atoms with E-state index in [0.717, 1.165) is 37.1 Å². The number of nitrogens with one attached hydrogen (secondary N) is 1. The van der Waals surface area contributed by atoms with Gasteiger partial charge in [0.05, 0.1) is 11.0 Å². The Morgan fingerprint density at radius 2 is 1.80 bits per heavy atom. The molecule has 190 valence electrons. The third kappa shape index (κ3) is 5.21. The first-order valence-corrected chi connectivity index (χ1v) is 12.2. The number of imide groups is 1. The van der Waals surface area contributed by atoms with Crippen molar-refractivity contribution in [3.05, 3.63) is 28.7 Å². The first kappa shape index (κ1) is 24.8. The Hall–Kier alpha value is -3.30. The first-order chi connectivity index (χ1) is 16.4. The summed E-state index contributed by atoms with van der Waals surface area (Å²) in [7, 11) is 3.48. The van der Waals surface area contributed by atoms with Crippen LogP contribution in [0, 0.1) is 5.92 Å². The van der Waals surface area contributed by atoms with Crippen molar-refractivity contribution in [1.29, 1.82) is 0 Å². The van der Waals surface area contributed by atoms with Gasteiger partial charge < -0.3 is 14.5 Å². The third-order valence-corrected chi connectivity index (χ3v) is 6.81. The number of aryl methyl sites for hydroxylation is 1. The quantitative estimate of drug-likeness (QED) is 0.667. The van der Waals surface area contributed by atoms with Gasteiger partial charge in [-0.1, -0.05) is 0 Å². The second-order valence-electron chi connectivity index (χ2n) is 10.6. The van der Waals surface area contributed by atoms with Crippen LogP contribution in [0.1, 0.15) is 52.5 Å². The summed E-state index contributed by atoms with van der Waals surface area (Å²) in [5, 5.41) is 2.34. The fourth-order valence-electron chi connectivity index (χ4n) is 4.95. The van der Waals surface area contributed by atoms with E-state index in [4.69, 9.17) is 4.74 Å². The van der Waals surface area contributed by atoms with Crippen molar-refractivity contribution in [2.75, 3.05) is 31.6 Å². The summed E-state index contributed by atoms with van der Waals surface area (Å²) < 4.78 is 8.52. The molecular weight excluding hydrogens is 450 g/mol. The van der Waals surface area contributed by atoms with Crippen molar-refractivity contribution in [2.24, 2.45) is 13.0 Å². The van der Waals surface area contributed by atoms with Gasteiger partial charge in [-0.3, -0.25) is 24.0 Å². The minimum Gasteiger partial charge on any atom is -0.444 e. The number of aromatic nitrogens is 2. The molecule has 1 unspecified atom stereocenters. The molecule has 0 spiro atoms. The molecule has 3 heterocycles. The molecule has 2 aliphatic rings. The van der Waals surface area contributed by atoms with Gasteiger partial charge in [-0.2, -0.15) is 0 Å². The number of hydrogen-bond acceptors (Lipinski definition) is 6.